The predicted molar refractivity (Wildman–Crippen MR) is 115 cm³/mol. The Kier molecular flexibility index (Phi) is 4.56. The summed E-state index contributed by atoms with van der Waals surface area (Å²) in [5.41, 5.74) is 8.50. The SMILES string of the molecule is CC(C)(C)O[C@H]1C[C@H](n2cnc3c(N)ncnc32)C2C[C@@]21COCc1ccccc1. The van der Waals surface area contributed by atoms with Gasteiger partial charge in [0, 0.05) is 11.5 Å². The quantitative estimate of drug-likeness (QED) is 0.669. The third-order valence-corrected chi connectivity index (χ3v) is 6.46. The van der Waals surface area contributed by atoms with Crippen LogP contribution in [0.25, 0.3) is 11.2 Å². The van der Waals surface area contributed by atoms with Crippen LogP contribution in [0, 0.1) is 11.3 Å². The van der Waals surface area contributed by atoms with E-state index in [4.69, 9.17) is 15.2 Å². The van der Waals surface area contributed by atoms with E-state index in [-0.39, 0.29) is 23.2 Å². The number of nitrogen functional groups attached to an aromatic ring is 1. The molecule has 2 heterocycles. The molecule has 7 heteroatoms. The van der Waals surface area contributed by atoms with Gasteiger partial charge in [0.05, 0.1) is 31.2 Å². The number of benzene rings is 1. The van der Waals surface area contributed by atoms with Gasteiger partial charge in [-0.05, 0) is 45.1 Å². The average Bonchev–Trinajstić information content (AvgIpc) is 3.14. The van der Waals surface area contributed by atoms with Crippen LogP contribution in [0.15, 0.2) is 43.0 Å². The van der Waals surface area contributed by atoms with Crippen molar-refractivity contribution in [2.24, 2.45) is 11.3 Å². The van der Waals surface area contributed by atoms with Crippen LogP contribution >= 0.6 is 0 Å². The fourth-order valence-electron chi connectivity index (χ4n) is 5.06. The van der Waals surface area contributed by atoms with Crippen LogP contribution in [0.3, 0.4) is 0 Å². The van der Waals surface area contributed by atoms with Crippen molar-refractivity contribution in [1.29, 1.82) is 0 Å². The molecule has 0 saturated heterocycles. The lowest BCUT2D eigenvalue weighted by Gasteiger charge is -2.31. The maximum atomic E-state index is 6.55. The number of aromatic nitrogens is 4. The highest BCUT2D eigenvalue weighted by molar-refractivity contribution is 5.81. The van der Waals surface area contributed by atoms with Gasteiger partial charge in [-0.3, -0.25) is 0 Å². The minimum absolute atomic E-state index is 0.0435. The first-order chi connectivity index (χ1) is 14.4. The summed E-state index contributed by atoms with van der Waals surface area (Å²) in [5, 5.41) is 0. The van der Waals surface area contributed by atoms with Crippen molar-refractivity contribution in [2.75, 3.05) is 12.3 Å². The van der Waals surface area contributed by atoms with Gasteiger partial charge in [-0.25, -0.2) is 15.0 Å². The van der Waals surface area contributed by atoms with E-state index in [0.29, 0.717) is 30.5 Å². The number of imidazole rings is 1. The first kappa shape index (κ1) is 19.5. The zero-order valence-corrected chi connectivity index (χ0v) is 17.8. The Morgan fingerprint density at radius 2 is 1.97 bits per heavy atom. The molecular weight excluding hydrogens is 378 g/mol. The molecule has 0 spiro atoms. The number of nitrogens with two attached hydrogens (primary N) is 1. The van der Waals surface area contributed by atoms with Crippen LogP contribution in [0.4, 0.5) is 5.82 Å². The molecule has 3 aromatic rings. The molecule has 1 aromatic carbocycles. The fraction of sp³-hybridized carbons (Fsp3) is 0.522. The van der Waals surface area contributed by atoms with Gasteiger partial charge in [0.15, 0.2) is 11.5 Å². The molecular formula is C23H29N5O2. The van der Waals surface area contributed by atoms with Crippen molar-refractivity contribution >= 4 is 17.0 Å². The van der Waals surface area contributed by atoms with Gasteiger partial charge in [0.2, 0.25) is 0 Å². The Bertz CT molecular complexity index is 1040. The van der Waals surface area contributed by atoms with E-state index in [2.05, 4.69) is 52.4 Å². The first-order valence-corrected chi connectivity index (χ1v) is 10.6. The number of anilines is 1. The highest BCUT2D eigenvalue weighted by Crippen LogP contribution is 2.69. The van der Waals surface area contributed by atoms with Crippen LogP contribution in [-0.4, -0.2) is 37.8 Å². The first-order valence-electron chi connectivity index (χ1n) is 10.6. The van der Waals surface area contributed by atoms with Gasteiger partial charge < -0.3 is 19.8 Å². The average molecular weight is 408 g/mol. The lowest BCUT2D eigenvalue weighted by Crippen LogP contribution is -2.35. The minimum atomic E-state index is -0.206. The molecule has 2 aromatic heterocycles. The molecule has 2 N–H and O–H groups in total. The summed E-state index contributed by atoms with van der Waals surface area (Å²) in [7, 11) is 0. The molecule has 2 fully saturated rings. The lowest BCUT2D eigenvalue weighted by atomic mass is 10.0. The molecule has 0 aliphatic heterocycles. The standard InChI is InChI=1S/C23H29N5O2/c1-22(2,3)30-18-9-17(28-14-27-19-20(24)25-13-26-21(19)28)16-10-23(16,18)12-29-11-15-7-5-4-6-8-15/h4-8,13-14,16-18H,9-12H2,1-3H3,(H2,24,25,26)/t16?,17-,18-,23+/m0/s1. The molecule has 0 bridgehead atoms. The summed E-state index contributed by atoms with van der Waals surface area (Å²) in [6, 6.07) is 10.6. The maximum absolute atomic E-state index is 6.55. The van der Waals surface area contributed by atoms with Gasteiger partial charge >= 0.3 is 0 Å². The summed E-state index contributed by atoms with van der Waals surface area (Å²) >= 11 is 0. The number of ether oxygens (including phenoxy) is 2. The van der Waals surface area contributed by atoms with E-state index >= 15 is 0 Å². The van der Waals surface area contributed by atoms with Crippen LogP contribution in [0.1, 0.15) is 45.2 Å². The van der Waals surface area contributed by atoms with Crippen molar-refractivity contribution in [3.63, 3.8) is 0 Å². The molecule has 0 radical (unpaired) electrons. The van der Waals surface area contributed by atoms with Gasteiger partial charge in [-0.2, -0.15) is 0 Å². The predicted octanol–water partition coefficient (Wildman–Crippen LogP) is 3.76. The summed E-state index contributed by atoms with van der Waals surface area (Å²) in [6.07, 6.45) is 5.52. The lowest BCUT2D eigenvalue weighted by molar-refractivity contribution is -0.104. The van der Waals surface area contributed by atoms with Gasteiger partial charge in [0.1, 0.15) is 11.8 Å². The van der Waals surface area contributed by atoms with E-state index < -0.39 is 0 Å². The van der Waals surface area contributed by atoms with E-state index in [1.165, 1.54) is 11.9 Å². The smallest absolute Gasteiger partial charge is 0.165 e. The topological polar surface area (TPSA) is 88.1 Å². The van der Waals surface area contributed by atoms with Crippen LogP contribution in [0.2, 0.25) is 0 Å². The monoisotopic (exact) mass is 407 g/mol. The summed E-state index contributed by atoms with van der Waals surface area (Å²) in [6.45, 7) is 7.69. The Morgan fingerprint density at radius 1 is 1.17 bits per heavy atom. The van der Waals surface area contributed by atoms with Crippen molar-refractivity contribution < 1.29 is 9.47 Å². The molecule has 158 valence electrons. The van der Waals surface area contributed by atoms with E-state index in [1.807, 2.05) is 24.5 Å². The van der Waals surface area contributed by atoms with E-state index in [9.17, 15) is 0 Å². The van der Waals surface area contributed by atoms with Gasteiger partial charge in [0.25, 0.3) is 0 Å². The Labute approximate surface area is 176 Å². The minimum Gasteiger partial charge on any atom is -0.382 e. The van der Waals surface area contributed by atoms with E-state index in [1.54, 1.807) is 0 Å². The fourth-order valence-corrected chi connectivity index (χ4v) is 5.06. The molecule has 5 rings (SSSR count). The molecule has 30 heavy (non-hydrogen) atoms. The van der Waals surface area contributed by atoms with Gasteiger partial charge in [-0.15, -0.1) is 0 Å². The number of hydrogen-bond donors (Lipinski definition) is 1. The maximum Gasteiger partial charge on any atom is 0.165 e. The van der Waals surface area contributed by atoms with Crippen LogP contribution in [-0.2, 0) is 16.1 Å². The molecule has 1 unspecified atom stereocenters. The zero-order chi connectivity index (χ0) is 20.9. The van der Waals surface area contributed by atoms with Crippen molar-refractivity contribution in [2.45, 2.75) is 58.0 Å². The largest absolute Gasteiger partial charge is 0.382 e. The van der Waals surface area contributed by atoms with E-state index in [0.717, 1.165) is 18.5 Å². The highest BCUT2D eigenvalue weighted by Gasteiger charge is 2.69. The molecule has 7 nitrogen and oxygen atoms in total. The second kappa shape index (κ2) is 7.03. The summed E-state index contributed by atoms with van der Waals surface area (Å²) in [4.78, 5) is 13.0. The second-order valence-corrected chi connectivity index (χ2v) is 9.63. The number of rotatable bonds is 6. The number of fused-ring (bicyclic) bond motifs is 2. The Morgan fingerprint density at radius 3 is 2.73 bits per heavy atom. The Balaban J connectivity index is 1.39. The molecule has 2 saturated carbocycles. The third kappa shape index (κ3) is 3.36. The Hall–Kier alpha value is -2.51. The summed E-state index contributed by atoms with van der Waals surface area (Å²) < 4.78 is 14.9. The second-order valence-electron chi connectivity index (χ2n) is 9.63. The van der Waals surface area contributed by atoms with Crippen molar-refractivity contribution in [3.8, 4) is 0 Å². The zero-order valence-electron chi connectivity index (χ0n) is 17.8. The van der Waals surface area contributed by atoms with Crippen LogP contribution in [0.5, 0.6) is 0 Å². The van der Waals surface area contributed by atoms with Crippen LogP contribution < -0.4 is 5.73 Å². The molecule has 2 aliphatic rings. The van der Waals surface area contributed by atoms with Crippen molar-refractivity contribution in [1.82, 2.24) is 19.5 Å². The third-order valence-electron chi connectivity index (χ3n) is 6.46. The molecule has 0 amide bonds. The summed E-state index contributed by atoms with van der Waals surface area (Å²) in [5.74, 6) is 0.904. The normalized spacial score (nSPS) is 28.0. The number of nitrogens with zero attached hydrogens (tertiary/aromatic N) is 4. The van der Waals surface area contributed by atoms with Crippen molar-refractivity contribution in [3.05, 3.63) is 48.5 Å². The molecule has 2 aliphatic carbocycles. The van der Waals surface area contributed by atoms with Gasteiger partial charge in [-0.1, -0.05) is 30.3 Å². The highest BCUT2D eigenvalue weighted by atomic mass is 16.5. The molecule has 4 atom stereocenters. The number of hydrogen-bond acceptors (Lipinski definition) is 6.